The van der Waals surface area contributed by atoms with E-state index in [1.807, 2.05) is 36.4 Å². The SMILES string of the molecule is COc1ccc2cc(CNCc3ccc(OCC(N)=O)cc3)ccc2c1. The summed E-state index contributed by atoms with van der Waals surface area (Å²) in [4.78, 5) is 10.7. The molecule has 0 heterocycles. The molecule has 0 spiro atoms. The molecule has 0 radical (unpaired) electrons. The number of nitrogens with one attached hydrogen (secondary N) is 1. The molecule has 3 aromatic carbocycles. The molecule has 0 unspecified atom stereocenters. The van der Waals surface area contributed by atoms with Crippen LogP contribution in [0.5, 0.6) is 11.5 Å². The molecular weight excluding hydrogens is 328 g/mol. The summed E-state index contributed by atoms with van der Waals surface area (Å²) in [7, 11) is 1.68. The summed E-state index contributed by atoms with van der Waals surface area (Å²) in [6.07, 6.45) is 0. The fourth-order valence-corrected chi connectivity index (χ4v) is 2.72. The van der Waals surface area contributed by atoms with Gasteiger partial charge in [0.05, 0.1) is 7.11 Å². The van der Waals surface area contributed by atoms with E-state index in [1.165, 1.54) is 16.3 Å². The fourth-order valence-electron chi connectivity index (χ4n) is 2.72. The van der Waals surface area contributed by atoms with Crippen LogP contribution in [0.2, 0.25) is 0 Å². The highest BCUT2D eigenvalue weighted by molar-refractivity contribution is 5.84. The van der Waals surface area contributed by atoms with Crippen molar-refractivity contribution in [1.29, 1.82) is 0 Å². The molecule has 0 aliphatic heterocycles. The van der Waals surface area contributed by atoms with Crippen LogP contribution in [0.15, 0.2) is 60.7 Å². The van der Waals surface area contributed by atoms with Crippen LogP contribution >= 0.6 is 0 Å². The lowest BCUT2D eigenvalue weighted by Gasteiger charge is -2.08. The first-order valence-corrected chi connectivity index (χ1v) is 8.41. The van der Waals surface area contributed by atoms with E-state index in [4.69, 9.17) is 15.2 Å². The molecule has 0 fully saturated rings. The Bertz CT molecular complexity index is 891. The number of hydrogen-bond acceptors (Lipinski definition) is 4. The van der Waals surface area contributed by atoms with Crippen molar-refractivity contribution in [1.82, 2.24) is 5.32 Å². The first-order chi connectivity index (χ1) is 12.6. The number of carbonyl (C=O) groups is 1. The standard InChI is InChI=1S/C21H22N2O3/c1-25-20-9-6-17-10-16(2-5-18(17)11-20)13-23-12-15-3-7-19(8-4-15)26-14-21(22)24/h2-11,23H,12-14H2,1H3,(H2,22,24). The van der Waals surface area contributed by atoms with E-state index in [0.29, 0.717) is 5.75 Å². The quantitative estimate of drug-likeness (QED) is 0.655. The molecular formula is C21H22N2O3. The number of carbonyl (C=O) groups excluding carboxylic acids is 1. The van der Waals surface area contributed by atoms with Gasteiger partial charge < -0.3 is 20.5 Å². The number of amides is 1. The van der Waals surface area contributed by atoms with Crippen LogP contribution < -0.4 is 20.5 Å². The first kappa shape index (κ1) is 17.8. The number of fused-ring (bicyclic) bond motifs is 1. The lowest BCUT2D eigenvalue weighted by Crippen LogP contribution is -2.20. The van der Waals surface area contributed by atoms with E-state index < -0.39 is 5.91 Å². The maximum Gasteiger partial charge on any atom is 0.255 e. The summed E-state index contributed by atoms with van der Waals surface area (Å²) < 4.78 is 10.5. The van der Waals surface area contributed by atoms with E-state index in [-0.39, 0.29) is 6.61 Å². The van der Waals surface area contributed by atoms with Gasteiger partial charge in [-0.05, 0) is 52.2 Å². The fraction of sp³-hybridized carbons (Fsp3) is 0.190. The minimum absolute atomic E-state index is 0.106. The Hall–Kier alpha value is -3.05. The number of nitrogens with two attached hydrogens (primary N) is 1. The Kier molecular flexibility index (Phi) is 5.71. The van der Waals surface area contributed by atoms with Gasteiger partial charge in [0.1, 0.15) is 11.5 Å². The second-order valence-corrected chi connectivity index (χ2v) is 6.05. The first-order valence-electron chi connectivity index (χ1n) is 8.41. The molecule has 0 saturated heterocycles. The number of primary amides is 1. The average molecular weight is 350 g/mol. The molecule has 26 heavy (non-hydrogen) atoms. The van der Waals surface area contributed by atoms with Crippen LogP contribution in [0.1, 0.15) is 11.1 Å². The van der Waals surface area contributed by atoms with E-state index in [1.54, 1.807) is 7.11 Å². The molecule has 1 amide bonds. The predicted octanol–water partition coefficient (Wildman–Crippen LogP) is 3.00. The summed E-state index contributed by atoms with van der Waals surface area (Å²) in [6.45, 7) is 1.42. The smallest absolute Gasteiger partial charge is 0.255 e. The van der Waals surface area contributed by atoms with Crippen LogP contribution in [-0.4, -0.2) is 19.6 Å². The molecule has 3 rings (SSSR count). The van der Waals surface area contributed by atoms with E-state index in [0.717, 1.165) is 24.4 Å². The lowest BCUT2D eigenvalue weighted by molar-refractivity contribution is -0.119. The van der Waals surface area contributed by atoms with Crippen molar-refractivity contribution in [2.45, 2.75) is 13.1 Å². The Labute approximate surface area is 152 Å². The number of benzene rings is 3. The molecule has 5 nitrogen and oxygen atoms in total. The van der Waals surface area contributed by atoms with Crippen molar-refractivity contribution in [2.75, 3.05) is 13.7 Å². The molecule has 0 aliphatic carbocycles. The van der Waals surface area contributed by atoms with Crippen molar-refractivity contribution in [3.63, 3.8) is 0 Å². The van der Waals surface area contributed by atoms with Crippen molar-refractivity contribution in [3.8, 4) is 11.5 Å². The molecule has 0 saturated carbocycles. The van der Waals surface area contributed by atoms with Crippen LogP contribution in [-0.2, 0) is 17.9 Å². The van der Waals surface area contributed by atoms with Crippen LogP contribution in [0.4, 0.5) is 0 Å². The second-order valence-electron chi connectivity index (χ2n) is 6.05. The normalized spacial score (nSPS) is 10.7. The highest BCUT2D eigenvalue weighted by Gasteiger charge is 2.01. The topological polar surface area (TPSA) is 73.6 Å². The highest BCUT2D eigenvalue weighted by atomic mass is 16.5. The van der Waals surface area contributed by atoms with Gasteiger partial charge in [-0.3, -0.25) is 4.79 Å². The molecule has 3 aromatic rings. The number of hydrogen-bond donors (Lipinski definition) is 2. The molecule has 134 valence electrons. The van der Waals surface area contributed by atoms with Crippen LogP contribution in [0.3, 0.4) is 0 Å². The Morgan fingerprint density at radius 3 is 2.23 bits per heavy atom. The van der Waals surface area contributed by atoms with E-state index in [9.17, 15) is 4.79 Å². The highest BCUT2D eigenvalue weighted by Crippen LogP contribution is 2.22. The van der Waals surface area contributed by atoms with Gasteiger partial charge in [-0.2, -0.15) is 0 Å². The van der Waals surface area contributed by atoms with Gasteiger partial charge in [0.15, 0.2) is 6.61 Å². The maximum absolute atomic E-state index is 10.7. The molecule has 0 aromatic heterocycles. The molecule has 0 aliphatic rings. The number of rotatable bonds is 8. The Morgan fingerprint density at radius 2 is 1.50 bits per heavy atom. The van der Waals surface area contributed by atoms with Crippen LogP contribution in [0.25, 0.3) is 10.8 Å². The van der Waals surface area contributed by atoms with Gasteiger partial charge in [-0.1, -0.05) is 30.3 Å². The number of methoxy groups -OCH3 is 1. The summed E-state index contributed by atoms with van der Waals surface area (Å²) >= 11 is 0. The number of ether oxygens (including phenoxy) is 2. The minimum Gasteiger partial charge on any atom is -0.497 e. The monoisotopic (exact) mass is 350 g/mol. The third kappa shape index (κ3) is 4.74. The largest absolute Gasteiger partial charge is 0.497 e. The molecule has 0 bridgehead atoms. The molecule has 3 N–H and O–H groups in total. The summed E-state index contributed by atoms with van der Waals surface area (Å²) in [6, 6.07) is 20.1. The van der Waals surface area contributed by atoms with Gasteiger partial charge in [-0.15, -0.1) is 0 Å². The van der Waals surface area contributed by atoms with Crippen molar-refractivity contribution in [3.05, 3.63) is 71.8 Å². The zero-order valence-electron chi connectivity index (χ0n) is 14.7. The zero-order chi connectivity index (χ0) is 18.4. The third-order valence-electron chi connectivity index (χ3n) is 4.07. The maximum atomic E-state index is 10.7. The van der Waals surface area contributed by atoms with Crippen molar-refractivity contribution >= 4 is 16.7 Å². The third-order valence-corrected chi connectivity index (χ3v) is 4.07. The zero-order valence-corrected chi connectivity index (χ0v) is 14.7. The van der Waals surface area contributed by atoms with E-state index >= 15 is 0 Å². The average Bonchev–Trinajstić information content (AvgIpc) is 2.67. The minimum atomic E-state index is -0.482. The lowest BCUT2D eigenvalue weighted by atomic mass is 10.1. The Morgan fingerprint density at radius 1 is 0.885 bits per heavy atom. The van der Waals surface area contributed by atoms with Gasteiger partial charge in [0.2, 0.25) is 0 Å². The summed E-state index contributed by atoms with van der Waals surface area (Å²) in [5.74, 6) is 1.02. The second kappa shape index (κ2) is 8.36. The predicted molar refractivity (Wildman–Crippen MR) is 102 cm³/mol. The molecule has 0 atom stereocenters. The van der Waals surface area contributed by atoms with Crippen LogP contribution in [0, 0.1) is 0 Å². The summed E-state index contributed by atoms with van der Waals surface area (Å²) in [5, 5.41) is 5.80. The van der Waals surface area contributed by atoms with Gasteiger partial charge in [0.25, 0.3) is 5.91 Å². The van der Waals surface area contributed by atoms with Crippen molar-refractivity contribution in [2.24, 2.45) is 5.73 Å². The Balaban J connectivity index is 1.54. The van der Waals surface area contributed by atoms with E-state index in [2.05, 4.69) is 29.6 Å². The summed E-state index contributed by atoms with van der Waals surface area (Å²) in [5.41, 5.74) is 7.43. The van der Waals surface area contributed by atoms with Gasteiger partial charge in [0, 0.05) is 13.1 Å². The van der Waals surface area contributed by atoms with Gasteiger partial charge in [-0.25, -0.2) is 0 Å². The van der Waals surface area contributed by atoms with Gasteiger partial charge >= 0.3 is 0 Å². The van der Waals surface area contributed by atoms with Crippen molar-refractivity contribution < 1.29 is 14.3 Å². The molecule has 5 heteroatoms.